The average molecular weight is 734 g/mol. The molecule has 4 aromatic rings. The van der Waals surface area contributed by atoms with Crippen LogP contribution in [0.2, 0.25) is 0 Å². The molecule has 16 nitrogen and oxygen atoms in total. The summed E-state index contributed by atoms with van der Waals surface area (Å²) in [5.41, 5.74) is 5.99. The van der Waals surface area contributed by atoms with E-state index >= 15 is 0 Å². The lowest BCUT2D eigenvalue weighted by Gasteiger charge is -2.50. The number of β-lactam (4-membered cyclic amide) rings is 1. The van der Waals surface area contributed by atoms with E-state index in [1.807, 2.05) is 47.2 Å². The van der Waals surface area contributed by atoms with Gasteiger partial charge in [0.25, 0.3) is 17.9 Å². The zero-order chi connectivity index (χ0) is 35.7. The Bertz CT molecular complexity index is 2200. The number of anilines is 1. The number of benzene rings is 1. The summed E-state index contributed by atoms with van der Waals surface area (Å²) in [6, 6.07) is 12.1. The molecule has 3 aromatic heterocycles. The number of oxime groups is 1. The number of carboxylic acid groups (broad SMARTS) is 2. The van der Waals surface area contributed by atoms with E-state index in [0.29, 0.717) is 23.5 Å². The van der Waals surface area contributed by atoms with E-state index in [1.165, 1.54) is 17.1 Å². The number of allylic oxidation sites excluding steroid dienone is 2. The summed E-state index contributed by atoms with van der Waals surface area (Å²) in [4.78, 5) is 60.4. The van der Waals surface area contributed by atoms with Gasteiger partial charge in [-0.15, -0.1) is 34.4 Å². The summed E-state index contributed by atoms with van der Waals surface area (Å²) in [5.74, 6) is -6.61. The first-order chi connectivity index (χ1) is 24.0. The van der Waals surface area contributed by atoms with Crippen molar-refractivity contribution in [3.63, 3.8) is 0 Å². The first-order valence-corrected chi connectivity index (χ1v) is 17.1. The minimum absolute atomic E-state index is 0.0201. The molecule has 0 bridgehead atoms. The number of carbonyl (C=O) groups is 4. The van der Waals surface area contributed by atoms with Gasteiger partial charge in [-0.2, -0.15) is 9.83 Å². The molecule has 2 aliphatic heterocycles. The fraction of sp³-hybridized carbons (Fsp3) is 0.161. The Morgan fingerprint density at radius 2 is 2.02 bits per heavy atom. The number of nitrogen functional groups attached to an aromatic ring is 1. The summed E-state index contributed by atoms with van der Waals surface area (Å²) in [7, 11) is 0. The molecule has 6 rings (SSSR count). The number of thiazole rings is 1. The highest BCUT2D eigenvalue weighted by Gasteiger charge is 2.53. The number of thioether (sulfide) groups is 1. The van der Waals surface area contributed by atoms with Crippen molar-refractivity contribution >= 4 is 79.9 Å². The van der Waals surface area contributed by atoms with E-state index < -0.39 is 63.4 Å². The van der Waals surface area contributed by atoms with E-state index in [2.05, 4.69) is 15.5 Å². The molecule has 254 valence electrons. The van der Waals surface area contributed by atoms with Crippen molar-refractivity contribution in [3.05, 3.63) is 86.8 Å². The second kappa shape index (κ2) is 13.9. The van der Waals surface area contributed by atoms with Gasteiger partial charge in [0.15, 0.2) is 40.0 Å². The summed E-state index contributed by atoms with van der Waals surface area (Å²) < 4.78 is 1.98. The van der Waals surface area contributed by atoms with Crippen molar-refractivity contribution < 1.29 is 49.0 Å². The summed E-state index contributed by atoms with van der Waals surface area (Å²) in [5, 5.41) is 59.0. The third kappa shape index (κ3) is 6.29. The minimum Gasteiger partial charge on any atom is -0.543 e. The van der Waals surface area contributed by atoms with Crippen molar-refractivity contribution in [2.75, 3.05) is 11.5 Å². The van der Waals surface area contributed by atoms with Gasteiger partial charge in [0.2, 0.25) is 5.52 Å². The first kappa shape index (κ1) is 33.9. The number of fused-ring (bicyclic) bond motifs is 2. The van der Waals surface area contributed by atoms with Gasteiger partial charge in [0.1, 0.15) is 28.1 Å². The highest BCUT2D eigenvalue weighted by molar-refractivity contribution is 8.00. The van der Waals surface area contributed by atoms with Crippen LogP contribution in [0.25, 0.3) is 10.9 Å². The molecule has 1 aromatic carbocycles. The number of nitrogens with two attached hydrogens (primary N) is 1. The maximum atomic E-state index is 13.5. The number of hydrogen-bond acceptors (Lipinski definition) is 15. The van der Waals surface area contributed by atoms with Crippen LogP contribution in [0, 0.1) is 11.3 Å². The number of carboxylic acids is 2. The third-order valence-electron chi connectivity index (χ3n) is 7.56. The normalized spacial score (nSPS) is 18.0. The number of nitriles is 1. The van der Waals surface area contributed by atoms with E-state index in [-0.39, 0.29) is 27.2 Å². The standard InChI is InChI=1S/C31H23N7O9S3/c32-11-18-22(39)23(40)25(50-18)24(30(45)46)47-36-19(16-13-49-31(33)34-16)26(41)35-20-27(42)38-21(29(43)44)15(12-48-28(20)38)7-4-10-37-9-3-6-14-5-1-2-8-17(14)37/h1-9,13,20,24,28H,10,12H2,(H6-,33,34,35,39,40,41,43,44,45,46)/b7-4+,36-19-/t20-,24?,28-/m1/s1. The highest BCUT2D eigenvalue weighted by Crippen LogP contribution is 2.44. The molecule has 3 atom stereocenters. The number of nitrogens with zero attached hydrogens (tertiary/aromatic N) is 5. The van der Waals surface area contributed by atoms with Crippen molar-refractivity contribution in [2.24, 2.45) is 5.16 Å². The number of rotatable bonds is 11. The number of aromatic nitrogens is 2. The minimum atomic E-state index is -2.07. The van der Waals surface area contributed by atoms with Gasteiger partial charge in [-0.05, 0) is 23.8 Å². The molecule has 6 N–H and O–H groups in total. The number of carbonyl (C=O) groups excluding carboxylic acids is 3. The molecule has 0 spiro atoms. The molecule has 5 heterocycles. The maximum Gasteiger partial charge on any atom is 0.353 e. The van der Waals surface area contributed by atoms with Crippen LogP contribution in [0.1, 0.15) is 21.6 Å². The predicted molar refractivity (Wildman–Crippen MR) is 177 cm³/mol. The molecule has 19 heteroatoms. The SMILES string of the molecule is N#Cc1sc(C(O/N=C(\C(=O)N[C@@H]2C(=O)N3C(C(=O)[O-])=C(/C=C/C[n+]4cccc5ccccc54)CS[C@H]23)c2csc(N)n2)C(=O)O)c(O)c1O. The molecule has 1 saturated heterocycles. The number of para-hydroxylation sites is 1. The first-order valence-electron chi connectivity index (χ1n) is 14.4. The second-order valence-electron chi connectivity index (χ2n) is 10.6. The summed E-state index contributed by atoms with van der Waals surface area (Å²) in [6.45, 7) is 0.423. The summed E-state index contributed by atoms with van der Waals surface area (Å²) >= 11 is 2.57. The van der Waals surface area contributed by atoms with Crippen LogP contribution in [0.4, 0.5) is 5.13 Å². The highest BCUT2D eigenvalue weighted by atomic mass is 32.2. The van der Waals surface area contributed by atoms with E-state index in [4.69, 9.17) is 15.8 Å². The van der Waals surface area contributed by atoms with Crippen LogP contribution in [0.15, 0.2) is 76.6 Å². The molecule has 50 heavy (non-hydrogen) atoms. The van der Waals surface area contributed by atoms with Gasteiger partial charge in [-0.3, -0.25) is 14.5 Å². The van der Waals surface area contributed by atoms with E-state index in [9.17, 15) is 39.6 Å². The largest absolute Gasteiger partial charge is 0.543 e. The Hall–Kier alpha value is -5.97. The fourth-order valence-corrected chi connectivity index (χ4v) is 8.02. The van der Waals surface area contributed by atoms with Crippen molar-refractivity contribution in [1.82, 2.24) is 15.2 Å². The zero-order valence-corrected chi connectivity index (χ0v) is 27.7. The van der Waals surface area contributed by atoms with E-state index in [1.54, 1.807) is 18.2 Å². The molecule has 0 saturated carbocycles. The van der Waals surface area contributed by atoms with Gasteiger partial charge in [0, 0.05) is 28.7 Å². The Morgan fingerprint density at radius 1 is 1.26 bits per heavy atom. The van der Waals surface area contributed by atoms with Gasteiger partial charge in [-0.25, -0.2) is 9.78 Å². The molecule has 1 unspecified atom stereocenters. The molecule has 2 aliphatic rings. The molecule has 1 fully saturated rings. The number of thiophene rings is 1. The maximum absolute atomic E-state index is 13.5. The Labute approximate surface area is 293 Å². The molecule has 0 radical (unpaired) electrons. The number of aliphatic carboxylic acids is 2. The third-order valence-corrected chi connectivity index (χ3v) is 10.7. The van der Waals surface area contributed by atoms with Crippen LogP contribution in [0.5, 0.6) is 11.5 Å². The molecule has 2 amide bonds. The zero-order valence-electron chi connectivity index (χ0n) is 25.2. The number of amides is 2. The fourth-order valence-electron chi connectivity index (χ4n) is 5.25. The van der Waals surface area contributed by atoms with Gasteiger partial charge in [0.05, 0.1) is 11.7 Å². The van der Waals surface area contributed by atoms with Crippen molar-refractivity contribution in [3.8, 4) is 17.6 Å². The Balaban J connectivity index is 1.21. The smallest absolute Gasteiger partial charge is 0.353 e. The van der Waals surface area contributed by atoms with Crippen LogP contribution in [-0.2, 0) is 30.6 Å². The van der Waals surface area contributed by atoms with Gasteiger partial charge >= 0.3 is 5.97 Å². The number of hydrogen-bond donors (Lipinski definition) is 5. The van der Waals surface area contributed by atoms with Gasteiger partial charge in [-0.1, -0.05) is 23.4 Å². The molecular weight excluding hydrogens is 711 g/mol. The lowest BCUT2D eigenvalue weighted by Crippen LogP contribution is -2.71. The van der Waals surface area contributed by atoms with Gasteiger partial charge < -0.3 is 41.1 Å². The van der Waals surface area contributed by atoms with Crippen LogP contribution in [-0.4, -0.2) is 71.8 Å². The van der Waals surface area contributed by atoms with Crippen molar-refractivity contribution in [1.29, 1.82) is 5.26 Å². The lowest BCUT2D eigenvalue weighted by atomic mass is 10.0. The van der Waals surface area contributed by atoms with Crippen LogP contribution in [0.3, 0.4) is 0 Å². The van der Waals surface area contributed by atoms with Crippen LogP contribution < -0.4 is 20.7 Å². The lowest BCUT2D eigenvalue weighted by molar-refractivity contribution is -0.661. The predicted octanol–water partition coefficient (Wildman–Crippen LogP) is 0.717. The Kier molecular flexibility index (Phi) is 9.41. The van der Waals surface area contributed by atoms with E-state index in [0.717, 1.165) is 27.1 Å². The second-order valence-corrected chi connectivity index (χ2v) is 13.6. The molecule has 0 aliphatic carbocycles. The number of nitrogens with one attached hydrogen (secondary N) is 1. The number of pyridine rings is 1. The average Bonchev–Trinajstić information content (AvgIpc) is 3.66. The quantitative estimate of drug-likeness (QED) is 0.0617. The monoisotopic (exact) mass is 733 g/mol. The topological polar surface area (TPSA) is 255 Å². The Morgan fingerprint density at radius 3 is 2.70 bits per heavy atom. The molecular formula is C31H23N7O9S3. The van der Waals surface area contributed by atoms with Crippen LogP contribution >= 0.6 is 34.4 Å². The number of aromatic hydroxyl groups is 2. The van der Waals surface area contributed by atoms with Crippen molar-refractivity contribution in [2.45, 2.75) is 24.1 Å². The summed E-state index contributed by atoms with van der Waals surface area (Å²) in [6.07, 6.45) is 3.23.